The molecule has 10 heteroatoms. The fourth-order valence-electron chi connectivity index (χ4n) is 5.11. The predicted octanol–water partition coefficient (Wildman–Crippen LogP) is 3.81. The van der Waals surface area contributed by atoms with Crippen LogP contribution in [0.25, 0.3) is 0 Å². The van der Waals surface area contributed by atoms with E-state index in [9.17, 15) is 32.3 Å². The number of nitrogens with one attached hydrogen (secondary N) is 1. The lowest BCUT2D eigenvalue weighted by atomic mass is 9.85. The average Bonchev–Trinajstić information content (AvgIpc) is 3.51. The van der Waals surface area contributed by atoms with Crippen molar-refractivity contribution < 1.29 is 37.1 Å². The van der Waals surface area contributed by atoms with E-state index in [2.05, 4.69) is 5.32 Å². The minimum absolute atomic E-state index is 0.0214. The van der Waals surface area contributed by atoms with Crippen molar-refractivity contribution in [3.8, 4) is 0 Å². The van der Waals surface area contributed by atoms with Crippen LogP contribution in [0.15, 0.2) is 60.7 Å². The van der Waals surface area contributed by atoms with Gasteiger partial charge in [-0.25, -0.2) is 9.69 Å². The Hall–Kier alpha value is -3.95. The van der Waals surface area contributed by atoms with E-state index in [4.69, 9.17) is 4.74 Å². The first kappa shape index (κ1) is 22.8. The van der Waals surface area contributed by atoms with Crippen LogP contribution in [0.4, 0.5) is 24.5 Å². The molecule has 180 valence electrons. The molecule has 4 atom stereocenters. The Labute approximate surface area is 197 Å². The van der Waals surface area contributed by atoms with Crippen LogP contribution in [0.2, 0.25) is 0 Å². The third-order valence-corrected chi connectivity index (χ3v) is 6.62. The highest BCUT2D eigenvalue weighted by atomic mass is 19.4. The van der Waals surface area contributed by atoms with Gasteiger partial charge in [0, 0.05) is 5.69 Å². The summed E-state index contributed by atoms with van der Waals surface area (Å²) < 4.78 is 43.4. The molecule has 3 aliphatic rings. The average molecular weight is 484 g/mol. The summed E-state index contributed by atoms with van der Waals surface area (Å²) in [7, 11) is 0. The number of esters is 1. The maximum atomic E-state index is 13.0. The number of hydrogen-bond acceptors (Lipinski definition) is 5. The SMILES string of the molecule is O=C(COC(=O)c1cccc(N2C(=O)[C@@H]3[C@@H](C2=O)[C@H]2C=C[C@H]3C2)c1)Nc1cccc(C(F)(F)F)c1. The van der Waals surface area contributed by atoms with E-state index in [1.165, 1.54) is 24.3 Å². The van der Waals surface area contributed by atoms with E-state index in [-0.39, 0.29) is 52.4 Å². The van der Waals surface area contributed by atoms with Crippen molar-refractivity contribution >= 4 is 35.1 Å². The summed E-state index contributed by atoms with van der Waals surface area (Å²) in [6.45, 7) is -0.736. The Bertz CT molecular complexity index is 1240. The minimum atomic E-state index is -4.56. The Morgan fingerprint density at radius 3 is 2.29 bits per heavy atom. The number of carbonyl (C=O) groups is 4. The van der Waals surface area contributed by atoms with Gasteiger partial charge in [-0.1, -0.05) is 24.3 Å². The third-order valence-electron chi connectivity index (χ3n) is 6.62. The number of nitrogens with zero attached hydrogens (tertiary/aromatic N) is 1. The summed E-state index contributed by atoms with van der Waals surface area (Å²) in [6.07, 6.45) is 0.206. The van der Waals surface area contributed by atoms with E-state index in [1.54, 1.807) is 6.07 Å². The zero-order valence-electron chi connectivity index (χ0n) is 18.1. The van der Waals surface area contributed by atoms with Crippen molar-refractivity contribution in [2.45, 2.75) is 12.6 Å². The number of anilines is 2. The second-order valence-corrected chi connectivity index (χ2v) is 8.76. The molecule has 1 heterocycles. The molecule has 2 aliphatic carbocycles. The van der Waals surface area contributed by atoms with E-state index in [1.807, 2.05) is 12.2 Å². The lowest BCUT2D eigenvalue weighted by molar-refractivity contribution is -0.137. The van der Waals surface area contributed by atoms with Gasteiger partial charge in [0.05, 0.1) is 28.7 Å². The highest BCUT2D eigenvalue weighted by Crippen LogP contribution is 2.53. The predicted molar refractivity (Wildman–Crippen MR) is 117 cm³/mol. The Morgan fingerprint density at radius 1 is 0.971 bits per heavy atom. The normalized spacial score (nSPS) is 24.6. The molecule has 0 spiro atoms. The minimum Gasteiger partial charge on any atom is -0.452 e. The zero-order valence-corrected chi connectivity index (χ0v) is 18.1. The van der Waals surface area contributed by atoms with Crippen molar-refractivity contribution in [2.75, 3.05) is 16.8 Å². The number of amides is 3. The quantitative estimate of drug-likeness (QED) is 0.396. The molecular weight excluding hydrogens is 465 g/mol. The largest absolute Gasteiger partial charge is 0.452 e. The molecule has 0 aromatic heterocycles. The van der Waals surface area contributed by atoms with Gasteiger partial charge in [0.15, 0.2) is 6.61 Å². The number of halogens is 3. The van der Waals surface area contributed by atoms with Crippen LogP contribution >= 0.6 is 0 Å². The van der Waals surface area contributed by atoms with E-state index < -0.39 is 30.2 Å². The molecule has 0 radical (unpaired) electrons. The maximum Gasteiger partial charge on any atom is 0.416 e. The molecule has 5 rings (SSSR count). The summed E-state index contributed by atoms with van der Waals surface area (Å²) in [5.74, 6) is -2.95. The van der Waals surface area contributed by atoms with Crippen molar-refractivity contribution in [2.24, 2.45) is 23.7 Å². The molecule has 3 amide bonds. The van der Waals surface area contributed by atoms with Crippen LogP contribution in [-0.4, -0.2) is 30.3 Å². The smallest absolute Gasteiger partial charge is 0.416 e. The zero-order chi connectivity index (χ0) is 24.9. The summed E-state index contributed by atoms with van der Waals surface area (Å²) >= 11 is 0. The summed E-state index contributed by atoms with van der Waals surface area (Å²) in [5.41, 5.74) is -0.754. The lowest BCUT2D eigenvalue weighted by Gasteiger charge is -2.18. The van der Waals surface area contributed by atoms with Gasteiger partial charge in [-0.15, -0.1) is 0 Å². The topological polar surface area (TPSA) is 92.8 Å². The van der Waals surface area contributed by atoms with Crippen molar-refractivity contribution in [3.05, 3.63) is 71.8 Å². The number of fused-ring (bicyclic) bond motifs is 5. The van der Waals surface area contributed by atoms with Crippen molar-refractivity contribution in [3.63, 3.8) is 0 Å². The molecule has 2 bridgehead atoms. The summed E-state index contributed by atoms with van der Waals surface area (Å²) in [6, 6.07) is 9.86. The van der Waals surface area contributed by atoms with Gasteiger partial charge in [-0.05, 0) is 54.7 Å². The second kappa shape index (κ2) is 8.37. The van der Waals surface area contributed by atoms with Crippen LogP contribution in [0.1, 0.15) is 22.3 Å². The molecule has 1 N–H and O–H groups in total. The third kappa shape index (κ3) is 4.09. The Kier molecular flexibility index (Phi) is 5.46. The summed E-state index contributed by atoms with van der Waals surface area (Å²) in [4.78, 5) is 51.6. The van der Waals surface area contributed by atoms with Crippen LogP contribution in [-0.2, 0) is 25.3 Å². The number of ether oxygens (including phenoxy) is 1. The van der Waals surface area contributed by atoms with Crippen LogP contribution < -0.4 is 10.2 Å². The van der Waals surface area contributed by atoms with Gasteiger partial charge in [-0.2, -0.15) is 13.2 Å². The molecule has 2 aromatic rings. The fourth-order valence-corrected chi connectivity index (χ4v) is 5.11. The highest BCUT2D eigenvalue weighted by Gasteiger charge is 2.59. The van der Waals surface area contributed by atoms with Gasteiger partial charge in [0.2, 0.25) is 11.8 Å². The number of allylic oxidation sites excluding steroid dienone is 2. The lowest BCUT2D eigenvalue weighted by Crippen LogP contribution is -2.33. The standard InChI is InChI=1S/C25H19F3N2O5/c26-25(27,28)16-4-2-5-17(11-16)29-19(31)12-35-24(34)15-3-1-6-18(10-15)30-22(32)20-13-7-8-14(9-13)21(20)23(30)33/h1-8,10-11,13-14,20-21H,9,12H2,(H,29,31)/t13-,14-,20-,21-/m0/s1. The molecule has 7 nitrogen and oxygen atoms in total. The van der Waals surface area contributed by atoms with Gasteiger partial charge >= 0.3 is 12.1 Å². The number of rotatable bonds is 5. The Balaban J connectivity index is 1.23. The summed E-state index contributed by atoms with van der Waals surface area (Å²) in [5, 5.41) is 2.25. The molecule has 35 heavy (non-hydrogen) atoms. The van der Waals surface area contributed by atoms with Crippen molar-refractivity contribution in [1.82, 2.24) is 0 Å². The first-order valence-electron chi connectivity index (χ1n) is 10.9. The van der Waals surface area contributed by atoms with E-state index in [0.717, 1.165) is 29.5 Å². The number of benzene rings is 2. The first-order chi connectivity index (χ1) is 16.6. The van der Waals surface area contributed by atoms with Gasteiger partial charge < -0.3 is 10.1 Å². The first-order valence-corrected chi connectivity index (χ1v) is 10.9. The highest BCUT2D eigenvalue weighted by molar-refractivity contribution is 6.23. The van der Waals surface area contributed by atoms with Crippen LogP contribution in [0, 0.1) is 23.7 Å². The van der Waals surface area contributed by atoms with E-state index in [0.29, 0.717) is 0 Å². The molecule has 2 fully saturated rings. The number of alkyl halides is 3. The molecule has 1 aliphatic heterocycles. The maximum absolute atomic E-state index is 13.0. The fraction of sp³-hybridized carbons (Fsp3) is 0.280. The van der Waals surface area contributed by atoms with E-state index >= 15 is 0 Å². The molecule has 2 aromatic carbocycles. The second-order valence-electron chi connectivity index (χ2n) is 8.76. The van der Waals surface area contributed by atoms with Gasteiger partial charge in [-0.3, -0.25) is 14.4 Å². The molecular formula is C25H19F3N2O5. The molecule has 1 saturated heterocycles. The van der Waals surface area contributed by atoms with Gasteiger partial charge in [0.1, 0.15) is 0 Å². The number of carbonyl (C=O) groups excluding carboxylic acids is 4. The van der Waals surface area contributed by atoms with Crippen LogP contribution in [0.5, 0.6) is 0 Å². The Morgan fingerprint density at radius 2 is 1.63 bits per heavy atom. The van der Waals surface area contributed by atoms with Crippen LogP contribution in [0.3, 0.4) is 0 Å². The number of imide groups is 1. The van der Waals surface area contributed by atoms with Gasteiger partial charge in [0.25, 0.3) is 5.91 Å². The number of hydrogen-bond donors (Lipinski definition) is 1. The van der Waals surface area contributed by atoms with Crippen molar-refractivity contribution in [1.29, 1.82) is 0 Å². The molecule has 1 saturated carbocycles. The molecule has 0 unspecified atom stereocenters. The monoisotopic (exact) mass is 484 g/mol.